The molecule has 0 aromatic heterocycles. The first-order valence-corrected chi connectivity index (χ1v) is 5.39. The summed E-state index contributed by atoms with van der Waals surface area (Å²) in [4.78, 5) is 11.6. The largest absolute Gasteiger partial charge is 0.466 e. The summed E-state index contributed by atoms with van der Waals surface area (Å²) in [6.07, 6.45) is 0.913. The molecule has 0 radical (unpaired) electrons. The average Bonchev–Trinajstić information content (AvgIpc) is 2.01. The normalized spacial score (nSPS) is 19.1. The molecular formula is C11H20O3. The Labute approximate surface area is 85.8 Å². The number of carbonyl (C=O) groups excluding carboxylic acids is 1. The molecule has 1 aliphatic rings. The lowest BCUT2D eigenvalue weighted by atomic mass is 9.85. The lowest BCUT2D eigenvalue weighted by Crippen LogP contribution is -2.34. The third-order valence-electron chi connectivity index (χ3n) is 2.69. The van der Waals surface area contributed by atoms with Crippen LogP contribution in [-0.2, 0) is 14.3 Å². The molecule has 14 heavy (non-hydrogen) atoms. The summed E-state index contributed by atoms with van der Waals surface area (Å²) < 4.78 is 10.2. The molecular weight excluding hydrogens is 180 g/mol. The van der Waals surface area contributed by atoms with Crippen molar-refractivity contribution in [2.24, 2.45) is 17.8 Å². The van der Waals surface area contributed by atoms with Gasteiger partial charge in [-0.25, -0.2) is 0 Å². The minimum Gasteiger partial charge on any atom is -0.466 e. The molecule has 0 aromatic carbocycles. The molecule has 0 aromatic rings. The first kappa shape index (κ1) is 11.5. The van der Waals surface area contributed by atoms with Gasteiger partial charge in [0.15, 0.2) is 0 Å². The molecule has 0 N–H and O–H groups in total. The standard InChI is InChI=1S/C11H20O3/c1-4-14-11(12)10(8(2)3)5-9-6-13-7-9/h8-10H,4-7H2,1-3H3. The van der Waals surface area contributed by atoms with Gasteiger partial charge in [0.2, 0.25) is 0 Å². The van der Waals surface area contributed by atoms with Crippen molar-refractivity contribution in [3.05, 3.63) is 0 Å². The van der Waals surface area contributed by atoms with E-state index in [1.165, 1.54) is 0 Å². The van der Waals surface area contributed by atoms with Crippen LogP contribution in [0.1, 0.15) is 27.2 Å². The van der Waals surface area contributed by atoms with Crippen LogP contribution in [-0.4, -0.2) is 25.8 Å². The zero-order valence-electron chi connectivity index (χ0n) is 9.29. The topological polar surface area (TPSA) is 35.5 Å². The van der Waals surface area contributed by atoms with E-state index in [0.717, 1.165) is 19.6 Å². The summed E-state index contributed by atoms with van der Waals surface area (Å²) in [7, 11) is 0. The minimum absolute atomic E-state index is 0.0452. The lowest BCUT2D eigenvalue weighted by molar-refractivity contribution is -0.152. The van der Waals surface area contributed by atoms with Crippen molar-refractivity contribution in [2.45, 2.75) is 27.2 Å². The Morgan fingerprint density at radius 1 is 1.50 bits per heavy atom. The SMILES string of the molecule is CCOC(=O)C(CC1COC1)C(C)C. The molecule has 3 heteroatoms. The summed E-state index contributed by atoms with van der Waals surface area (Å²) in [5, 5.41) is 0. The molecule has 82 valence electrons. The van der Waals surface area contributed by atoms with E-state index in [9.17, 15) is 4.79 Å². The van der Waals surface area contributed by atoms with Crippen LogP contribution in [0.3, 0.4) is 0 Å². The third kappa shape index (κ3) is 2.98. The highest BCUT2D eigenvalue weighted by Crippen LogP contribution is 2.26. The zero-order valence-corrected chi connectivity index (χ0v) is 9.29. The Kier molecular flexibility index (Phi) is 4.39. The predicted molar refractivity (Wildman–Crippen MR) is 53.9 cm³/mol. The van der Waals surface area contributed by atoms with Gasteiger partial charge in [-0.3, -0.25) is 4.79 Å². The summed E-state index contributed by atoms with van der Waals surface area (Å²) in [5.74, 6) is 0.916. The van der Waals surface area contributed by atoms with Crippen LogP contribution in [0.5, 0.6) is 0 Å². The maximum Gasteiger partial charge on any atom is 0.309 e. The van der Waals surface area contributed by atoms with Crippen LogP contribution in [0.2, 0.25) is 0 Å². The van der Waals surface area contributed by atoms with Crippen molar-refractivity contribution in [2.75, 3.05) is 19.8 Å². The van der Waals surface area contributed by atoms with E-state index in [1.807, 2.05) is 6.92 Å². The number of esters is 1. The lowest BCUT2D eigenvalue weighted by Gasteiger charge is -2.30. The smallest absolute Gasteiger partial charge is 0.309 e. The van der Waals surface area contributed by atoms with E-state index in [2.05, 4.69) is 13.8 Å². The van der Waals surface area contributed by atoms with Gasteiger partial charge in [0.1, 0.15) is 0 Å². The monoisotopic (exact) mass is 200 g/mol. The van der Waals surface area contributed by atoms with Crippen molar-refractivity contribution in [1.29, 1.82) is 0 Å². The second-order valence-electron chi connectivity index (χ2n) is 4.24. The summed E-state index contributed by atoms with van der Waals surface area (Å²) in [5.41, 5.74) is 0. The van der Waals surface area contributed by atoms with Gasteiger partial charge >= 0.3 is 5.97 Å². The molecule has 1 aliphatic heterocycles. The van der Waals surface area contributed by atoms with Crippen LogP contribution in [0, 0.1) is 17.8 Å². The molecule has 1 saturated heterocycles. The Morgan fingerprint density at radius 2 is 2.14 bits per heavy atom. The molecule has 0 saturated carbocycles. The zero-order chi connectivity index (χ0) is 10.6. The number of rotatable bonds is 5. The van der Waals surface area contributed by atoms with Crippen molar-refractivity contribution < 1.29 is 14.3 Å². The highest BCUT2D eigenvalue weighted by Gasteiger charge is 2.30. The van der Waals surface area contributed by atoms with E-state index in [1.54, 1.807) is 0 Å². The Hall–Kier alpha value is -0.570. The molecule has 1 atom stereocenters. The molecule has 0 amide bonds. The van der Waals surface area contributed by atoms with Crippen LogP contribution in [0.25, 0.3) is 0 Å². The fourth-order valence-corrected chi connectivity index (χ4v) is 1.67. The van der Waals surface area contributed by atoms with Crippen LogP contribution >= 0.6 is 0 Å². The fourth-order valence-electron chi connectivity index (χ4n) is 1.67. The first-order chi connectivity index (χ1) is 6.65. The van der Waals surface area contributed by atoms with Crippen LogP contribution in [0.15, 0.2) is 0 Å². The van der Waals surface area contributed by atoms with Gasteiger partial charge in [0.25, 0.3) is 0 Å². The van der Waals surface area contributed by atoms with Gasteiger partial charge in [-0.15, -0.1) is 0 Å². The molecule has 1 heterocycles. The number of hydrogen-bond donors (Lipinski definition) is 0. The number of hydrogen-bond acceptors (Lipinski definition) is 3. The summed E-state index contributed by atoms with van der Waals surface area (Å²) in [6.45, 7) is 8.08. The van der Waals surface area contributed by atoms with Gasteiger partial charge in [0.05, 0.1) is 25.7 Å². The second kappa shape index (κ2) is 5.35. The quantitative estimate of drug-likeness (QED) is 0.635. The predicted octanol–water partition coefficient (Wildman–Crippen LogP) is 1.86. The van der Waals surface area contributed by atoms with Crippen molar-refractivity contribution >= 4 is 5.97 Å². The van der Waals surface area contributed by atoms with Crippen LogP contribution < -0.4 is 0 Å². The fraction of sp³-hybridized carbons (Fsp3) is 0.909. The number of ether oxygens (including phenoxy) is 2. The molecule has 0 aliphatic carbocycles. The van der Waals surface area contributed by atoms with E-state index in [-0.39, 0.29) is 11.9 Å². The summed E-state index contributed by atoms with van der Waals surface area (Å²) >= 11 is 0. The van der Waals surface area contributed by atoms with Crippen molar-refractivity contribution in [1.82, 2.24) is 0 Å². The van der Waals surface area contributed by atoms with E-state index >= 15 is 0 Å². The third-order valence-corrected chi connectivity index (χ3v) is 2.69. The van der Waals surface area contributed by atoms with Gasteiger partial charge in [0, 0.05) is 5.92 Å². The molecule has 1 rings (SSSR count). The minimum atomic E-state index is -0.0469. The Bertz CT molecular complexity index is 185. The van der Waals surface area contributed by atoms with Crippen LogP contribution in [0.4, 0.5) is 0 Å². The maximum absolute atomic E-state index is 11.6. The van der Waals surface area contributed by atoms with Crippen molar-refractivity contribution in [3.8, 4) is 0 Å². The molecule has 3 nitrogen and oxygen atoms in total. The van der Waals surface area contributed by atoms with Crippen molar-refractivity contribution in [3.63, 3.8) is 0 Å². The number of carbonyl (C=O) groups is 1. The van der Waals surface area contributed by atoms with Gasteiger partial charge in [-0.1, -0.05) is 13.8 Å². The maximum atomic E-state index is 11.6. The van der Waals surface area contributed by atoms with E-state index < -0.39 is 0 Å². The summed E-state index contributed by atoms with van der Waals surface area (Å²) in [6, 6.07) is 0. The highest BCUT2D eigenvalue weighted by atomic mass is 16.5. The second-order valence-corrected chi connectivity index (χ2v) is 4.24. The Morgan fingerprint density at radius 3 is 2.50 bits per heavy atom. The highest BCUT2D eigenvalue weighted by molar-refractivity contribution is 5.72. The van der Waals surface area contributed by atoms with E-state index in [4.69, 9.17) is 9.47 Å². The average molecular weight is 200 g/mol. The molecule has 0 bridgehead atoms. The van der Waals surface area contributed by atoms with Gasteiger partial charge < -0.3 is 9.47 Å². The molecule has 1 fully saturated rings. The molecule has 1 unspecified atom stereocenters. The van der Waals surface area contributed by atoms with Gasteiger partial charge in [-0.05, 0) is 19.3 Å². The first-order valence-electron chi connectivity index (χ1n) is 5.39. The van der Waals surface area contributed by atoms with Gasteiger partial charge in [-0.2, -0.15) is 0 Å². The Balaban J connectivity index is 2.40. The van der Waals surface area contributed by atoms with E-state index in [0.29, 0.717) is 18.4 Å². The molecule has 0 spiro atoms.